The molecular formula is C26H35ClN4O6. The third kappa shape index (κ3) is 5.55. The SMILES string of the molecule is CCOC1OC(=O)CC1NC(=O)C1C2CCC(C2)N1C(=O)C(NC(=O)c1ccc(N)c(Cl)c1)C(C)(C)C. The summed E-state index contributed by atoms with van der Waals surface area (Å²) in [7, 11) is 0. The van der Waals surface area contributed by atoms with Gasteiger partial charge < -0.3 is 30.7 Å². The minimum atomic E-state index is -0.890. The van der Waals surface area contributed by atoms with Gasteiger partial charge in [-0.1, -0.05) is 32.4 Å². The molecule has 3 fully saturated rings. The van der Waals surface area contributed by atoms with E-state index in [4.69, 9.17) is 26.8 Å². The third-order valence-electron chi connectivity index (χ3n) is 7.38. The summed E-state index contributed by atoms with van der Waals surface area (Å²) in [4.78, 5) is 54.1. The highest BCUT2D eigenvalue weighted by Crippen LogP contribution is 2.44. The predicted molar refractivity (Wildman–Crippen MR) is 136 cm³/mol. The van der Waals surface area contributed by atoms with Gasteiger partial charge >= 0.3 is 5.97 Å². The summed E-state index contributed by atoms with van der Waals surface area (Å²) < 4.78 is 10.6. The number of carbonyl (C=O) groups excluding carboxylic acids is 4. The number of nitrogens with zero attached hydrogens (tertiary/aromatic N) is 1. The van der Waals surface area contributed by atoms with Crippen LogP contribution < -0.4 is 16.4 Å². The topological polar surface area (TPSA) is 140 Å². The van der Waals surface area contributed by atoms with Crippen LogP contribution in [-0.4, -0.2) is 65.7 Å². The van der Waals surface area contributed by atoms with E-state index in [-0.39, 0.29) is 40.8 Å². The number of rotatable bonds is 7. The number of hydrogen-bond donors (Lipinski definition) is 3. The van der Waals surface area contributed by atoms with E-state index in [1.807, 2.05) is 20.8 Å². The number of likely N-dealkylation sites (tertiary alicyclic amines) is 1. The highest BCUT2D eigenvalue weighted by molar-refractivity contribution is 6.33. The Morgan fingerprint density at radius 2 is 2.00 bits per heavy atom. The first-order valence-electron chi connectivity index (χ1n) is 12.7. The number of cyclic esters (lactones) is 1. The number of piperidine rings is 1. The molecule has 6 unspecified atom stereocenters. The maximum Gasteiger partial charge on any atom is 0.310 e. The van der Waals surface area contributed by atoms with Crippen LogP contribution in [0.1, 0.15) is 63.7 Å². The van der Waals surface area contributed by atoms with Crippen LogP contribution in [0.3, 0.4) is 0 Å². The van der Waals surface area contributed by atoms with Crippen molar-refractivity contribution in [3.05, 3.63) is 28.8 Å². The van der Waals surface area contributed by atoms with E-state index in [1.54, 1.807) is 17.9 Å². The molecule has 1 aromatic carbocycles. The maximum absolute atomic E-state index is 14.0. The Morgan fingerprint density at radius 3 is 2.65 bits per heavy atom. The predicted octanol–water partition coefficient (Wildman–Crippen LogP) is 2.24. The van der Waals surface area contributed by atoms with E-state index in [1.165, 1.54) is 12.1 Å². The molecule has 0 spiro atoms. The fourth-order valence-electron chi connectivity index (χ4n) is 5.56. The van der Waals surface area contributed by atoms with Crippen molar-refractivity contribution in [2.45, 2.75) is 83.8 Å². The van der Waals surface area contributed by atoms with Crippen LogP contribution in [0, 0.1) is 11.3 Å². The second-order valence-corrected chi connectivity index (χ2v) is 11.5. The summed E-state index contributed by atoms with van der Waals surface area (Å²) in [6.45, 7) is 7.70. The summed E-state index contributed by atoms with van der Waals surface area (Å²) >= 11 is 6.09. The second kappa shape index (κ2) is 10.5. The van der Waals surface area contributed by atoms with E-state index in [2.05, 4.69) is 10.6 Å². The van der Waals surface area contributed by atoms with Crippen LogP contribution in [0.5, 0.6) is 0 Å². The molecule has 2 aliphatic heterocycles. The van der Waals surface area contributed by atoms with Gasteiger partial charge in [-0.25, -0.2) is 0 Å². The van der Waals surface area contributed by atoms with Crippen molar-refractivity contribution in [3.8, 4) is 0 Å². The van der Waals surface area contributed by atoms with Gasteiger partial charge in [-0.15, -0.1) is 0 Å². The Labute approximate surface area is 221 Å². The second-order valence-electron chi connectivity index (χ2n) is 11.1. The quantitative estimate of drug-likeness (QED) is 0.360. The molecule has 4 N–H and O–H groups in total. The van der Waals surface area contributed by atoms with Crippen LogP contribution in [0.4, 0.5) is 5.69 Å². The number of ether oxygens (including phenoxy) is 2. The summed E-state index contributed by atoms with van der Waals surface area (Å²) in [6.07, 6.45) is 1.51. The molecule has 11 heteroatoms. The van der Waals surface area contributed by atoms with Crippen molar-refractivity contribution in [3.63, 3.8) is 0 Å². The van der Waals surface area contributed by atoms with Crippen molar-refractivity contribution >= 4 is 41.0 Å². The van der Waals surface area contributed by atoms with Gasteiger partial charge in [0.1, 0.15) is 18.1 Å². The third-order valence-corrected chi connectivity index (χ3v) is 7.71. The fourth-order valence-corrected chi connectivity index (χ4v) is 5.74. The van der Waals surface area contributed by atoms with E-state index >= 15 is 0 Å². The van der Waals surface area contributed by atoms with Crippen molar-refractivity contribution in [2.24, 2.45) is 11.3 Å². The number of halogens is 1. The highest BCUT2D eigenvalue weighted by Gasteiger charge is 2.54. The molecule has 0 radical (unpaired) electrons. The first-order chi connectivity index (χ1) is 17.4. The lowest BCUT2D eigenvalue weighted by Crippen LogP contribution is -2.62. The fraction of sp³-hybridized carbons (Fsp3) is 0.615. The van der Waals surface area contributed by atoms with Crippen LogP contribution in [0.2, 0.25) is 5.02 Å². The van der Waals surface area contributed by atoms with E-state index in [9.17, 15) is 19.2 Å². The Morgan fingerprint density at radius 1 is 1.27 bits per heavy atom. The molecular weight excluding hydrogens is 500 g/mol. The first-order valence-corrected chi connectivity index (χ1v) is 13.1. The molecule has 2 saturated heterocycles. The van der Waals surface area contributed by atoms with Gasteiger partial charge in [0.2, 0.25) is 18.1 Å². The number of fused-ring (bicyclic) bond motifs is 2. The summed E-state index contributed by atoms with van der Waals surface area (Å²) in [5.74, 6) is -1.54. The van der Waals surface area contributed by atoms with Gasteiger partial charge in [0, 0.05) is 18.2 Å². The van der Waals surface area contributed by atoms with Crippen molar-refractivity contribution in [1.82, 2.24) is 15.5 Å². The molecule has 202 valence electrons. The average molecular weight is 535 g/mol. The average Bonchev–Trinajstić information content (AvgIpc) is 3.53. The minimum absolute atomic E-state index is 0.00439. The number of carbonyl (C=O) groups is 4. The smallest absolute Gasteiger partial charge is 0.310 e. The lowest BCUT2D eigenvalue weighted by atomic mass is 9.84. The number of nitrogens with two attached hydrogens (primary N) is 1. The zero-order valence-corrected chi connectivity index (χ0v) is 22.3. The number of anilines is 1. The molecule has 4 rings (SSSR count). The zero-order chi connectivity index (χ0) is 27.1. The molecule has 10 nitrogen and oxygen atoms in total. The monoisotopic (exact) mass is 534 g/mol. The van der Waals surface area contributed by atoms with E-state index < -0.39 is 41.7 Å². The molecule has 2 bridgehead atoms. The van der Waals surface area contributed by atoms with Gasteiger partial charge in [0.05, 0.1) is 17.1 Å². The lowest BCUT2D eigenvalue weighted by Gasteiger charge is -2.40. The lowest BCUT2D eigenvalue weighted by molar-refractivity contribution is -0.165. The Balaban J connectivity index is 1.54. The minimum Gasteiger partial charge on any atom is -0.433 e. The van der Waals surface area contributed by atoms with E-state index in [0.29, 0.717) is 12.3 Å². The van der Waals surface area contributed by atoms with Gasteiger partial charge in [-0.2, -0.15) is 0 Å². The molecule has 0 aromatic heterocycles. The number of amides is 3. The van der Waals surface area contributed by atoms with Crippen LogP contribution >= 0.6 is 11.6 Å². The van der Waals surface area contributed by atoms with Crippen molar-refractivity contribution in [2.75, 3.05) is 12.3 Å². The van der Waals surface area contributed by atoms with Crippen LogP contribution in [0.15, 0.2) is 18.2 Å². The van der Waals surface area contributed by atoms with Gasteiger partial charge in [-0.3, -0.25) is 19.2 Å². The van der Waals surface area contributed by atoms with Crippen LogP contribution in [0.25, 0.3) is 0 Å². The maximum atomic E-state index is 14.0. The molecule has 1 aliphatic carbocycles. The normalized spacial score (nSPS) is 27.6. The largest absolute Gasteiger partial charge is 0.433 e. The molecule has 1 saturated carbocycles. The zero-order valence-electron chi connectivity index (χ0n) is 21.6. The Kier molecular flexibility index (Phi) is 7.71. The summed E-state index contributed by atoms with van der Waals surface area (Å²) in [5, 5.41) is 6.02. The van der Waals surface area contributed by atoms with Gasteiger partial charge in [-0.05, 0) is 55.7 Å². The summed E-state index contributed by atoms with van der Waals surface area (Å²) in [5.41, 5.74) is 5.76. The number of nitrogen functional groups attached to an aromatic ring is 1. The molecule has 3 amide bonds. The van der Waals surface area contributed by atoms with E-state index in [0.717, 1.165) is 19.3 Å². The molecule has 3 aliphatic rings. The molecule has 37 heavy (non-hydrogen) atoms. The standard InChI is InChI=1S/C26H35ClN4O6/c1-5-36-25-18(12-19(32)37-25)29-23(34)20-13-6-8-15(10-13)31(20)24(35)21(26(2,3)4)30-22(33)14-7-9-17(28)16(27)11-14/h7,9,11,13,15,18,20-21,25H,5-6,8,10,12,28H2,1-4H3,(H,29,34)(H,30,33). The van der Waals surface area contributed by atoms with Gasteiger partial charge in [0.15, 0.2) is 0 Å². The Bertz CT molecular complexity index is 1090. The van der Waals surface area contributed by atoms with Gasteiger partial charge in [0.25, 0.3) is 5.91 Å². The number of benzene rings is 1. The number of esters is 1. The number of nitrogens with one attached hydrogen (secondary N) is 2. The first kappa shape index (κ1) is 27.2. The molecule has 6 atom stereocenters. The highest BCUT2D eigenvalue weighted by atomic mass is 35.5. The van der Waals surface area contributed by atoms with Crippen molar-refractivity contribution in [1.29, 1.82) is 0 Å². The molecule has 2 heterocycles. The number of hydrogen-bond acceptors (Lipinski definition) is 7. The summed E-state index contributed by atoms with van der Waals surface area (Å²) in [6, 6.07) is 2.25. The Hall–Kier alpha value is -2.85. The molecule has 1 aromatic rings. The van der Waals surface area contributed by atoms with Crippen LogP contribution in [-0.2, 0) is 23.9 Å². The van der Waals surface area contributed by atoms with Crippen molar-refractivity contribution < 1.29 is 28.7 Å².